The van der Waals surface area contributed by atoms with Crippen LogP contribution >= 0.6 is 0 Å². The minimum atomic E-state index is -1.58. The van der Waals surface area contributed by atoms with E-state index in [1.165, 1.54) is 50.5 Å². The lowest BCUT2D eigenvalue weighted by molar-refractivity contribution is 0.0697. The molecule has 0 heterocycles. The zero-order valence-electron chi connectivity index (χ0n) is 19.6. The molecule has 0 atom stereocenters. The molecule has 2 aromatic rings. The van der Waals surface area contributed by atoms with E-state index in [0.717, 1.165) is 23.8 Å². The van der Waals surface area contributed by atoms with Crippen molar-refractivity contribution < 1.29 is 14.3 Å². The standard InChI is InChI=1S/C26H40O3Si/c1-26(2,3)30(4,5)29-18-12-10-8-6-7-9-11-13-21-14-15-22-16-17-23(25(27)28)20-24(22)19-21/h14-17,19-20H,6-13,18H2,1-5H3,(H,27,28). The summed E-state index contributed by atoms with van der Waals surface area (Å²) in [6.45, 7) is 12.5. The molecule has 1 N–H and O–H groups in total. The molecule has 0 aliphatic carbocycles. The van der Waals surface area contributed by atoms with E-state index < -0.39 is 14.3 Å². The average molecular weight is 429 g/mol. The van der Waals surface area contributed by atoms with Crippen molar-refractivity contribution >= 4 is 25.1 Å². The van der Waals surface area contributed by atoms with E-state index >= 15 is 0 Å². The molecule has 0 aliphatic rings. The summed E-state index contributed by atoms with van der Waals surface area (Å²) in [6.07, 6.45) is 9.86. The molecule has 0 fully saturated rings. The molecule has 3 nitrogen and oxygen atoms in total. The van der Waals surface area contributed by atoms with Gasteiger partial charge in [-0.1, -0.05) is 77.1 Å². The van der Waals surface area contributed by atoms with Crippen LogP contribution < -0.4 is 0 Å². The van der Waals surface area contributed by atoms with E-state index in [0.29, 0.717) is 10.6 Å². The predicted molar refractivity (Wildman–Crippen MR) is 130 cm³/mol. The van der Waals surface area contributed by atoms with Gasteiger partial charge in [0.05, 0.1) is 5.56 Å². The number of carboxylic acids is 1. The normalized spacial score (nSPS) is 12.4. The van der Waals surface area contributed by atoms with Crippen molar-refractivity contribution in [3.8, 4) is 0 Å². The summed E-state index contributed by atoms with van der Waals surface area (Å²) in [7, 11) is -1.58. The van der Waals surface area contributed by atoms with Gasteiger partial charge in [-0.2, -0.15) is 0 Å². The van der Waals surface area contributed by atoms with Crippen LogP contribution in [0.1, 0.15) is 81.6 Å². The van der Waals surface area contributed by atoms with E-state index in [-0.39, 0.29) is 0 Å². The molecular weight excluding hydrogens is 388 g/mol. The first-order chi connectivity index (χ1) is 14.1. The lowest BCUT2D eigenvalue weighted by Gasteiger charge is -2.36. The SMILES string of the molecule is CC(C)(C)[Si](C)(C)OCCCCCCCCCc1ccc2ccc(C(=O)O)cc2c1. The van der Waals surface area contributed by atoms with Crippen molar-refractivity contribution in [2.45, 2.75) is 90.3 Å². The monoisotopic (exact) mass is 428 g/mol. The second kappa shape index (κ2) is 11.1. The number of hydrogen-bond donors (Lipinski definition) is 1. The number of carbonyl (C=O) groups is 1. The molecule has 166 valence electrons. The summed E-state index contributed by atoms with van der Waals surface area (Å²) in [4.78, 5) is 11.2. The van der Waals surface area contributed by atoms with Gasteiger partial charge >= 0.3 is 5.97 Å². The average Bonchev–Trinajstić information content (AvgIpc) is 2.67. The van der Waals surface area contributed by atoms with Crippen LogP contribution in [0.4, 0.5) is 0 Å². The van der Waals surface area contributed by atoms with Crippen molar-refractivity contribution in [2.75, 3.05) is 6.61 Å². The van der Waals surface area contributed by atoms with Crippen LogP contribution in [0.5, 0.6) is 0 Å². The Balaban J connectivity index is 1.59. The van der Waals surface area contributed by atoms with Crippen LogP contribution in [0.2, 0.25) is 18.1 Å². The topological polar surface area (TPSA) is 46.5 Å². The molecule has 0 saturated carbocycles. The van der Waals surface area contributed by atoms with Crippen LogP contribution in [0.3, 0.4) is 0 Å². The fraction of sp³-hybridized carbons (Fsp3) is 0.577. The maximum absolute atomic E-state index is 11.2. The summed E-state index contributed by atoms with van der Waals surface area (Å²) >= 11 is 0. The first-order valence-corrected chi connectivity index (χ1v) is 14.4. The largest absolute Gasteiger partial charge is 0.478 e. The summed E-state index contributed by atoms with van der Waals surface area (Å²) in [5.41, 5.74) is 1.65. The molecule has 30 heavy (non-hydrogen) atoms. The highest BCUT2D eigenvalue weighted by Gasteiger charge is 2.36. The zero-order chi connectivity index (χ0) is 22.2. The van der Waals surface area contributed by atoms with Gasteiger partial charge in [-0.15, -0.1) is 0 Å². The van der Waals surface area contributed by atoms with Crippen molar-refractivity contribution in [1.29, 1.82) is 0 Å². The summed E-state index contributed by atoms with van der Waals surface area (Å²) in [6, 6.07) is 11.7. The van der Waals surface area contributed by atoms with Crippen molar-refractivity contribution in [1.82, 2.24) is 0 Å². The smallest absolute Gasteiger partial charge is 0.335 e. The Morgan fingerprint density at radius 2 is 1.47 bits per heavy atom. The third-order valence-corrected chi connectivity index (χ3v) is 11.1. The van der Waals surface area contributed by atoms with E-state index in [1.807, 2.05) is 6.07 Å². The van der Waals surface area contributed by atoms with Gasteiger partial charge in [0.1, 0.15) is 0 Å². The third-order valence-electron chi connectivity index (χ3n) is 6.53. The molecule has 0 amide bonds. The number of benzene rings is 2. The summed E-state index contributed by atoms with van der Waals surface area (Å²) in [5, 5.41) is 11.6. The molecule has 0 unspecified atom stereocenters. The Morgan fingerprint density at radius 3 is 2.10 bits per heavy atom. The Hall–Kier alpha value is -1.65. The molecular formula is C26H40O3Si. The summed E-state index contributed by atoms with van der Waals surface area (Å²) in [5.74, 6) is -0.867. The molecule has 2 rings (SSSR count). The van der Waals surface area contributed by atoms with Gasteiger partial charge in [0.25, 0.3) is 0 Å². The van der Waals surface area contributed by atoms with Gasteiger partial charge in [0, 0.05) is 6.61 Å². The lowest BCUT2D eigenvalue weighted by atomic mass is 10.0. The Labute approximate surface area is 184 Å². The molecule has 0 aliphatic heterocycles. The lowest BCUT2D eigenvalue weighted by Crippen LogP contribution is -2.40. The summed E-state index contributed by atoms with van der Waals surface area (Å²) < 4.78 is 6.25. The van der Waals surface area contributed by atoms with Crippen LogP contribution in [-0.2, 0) is 10.8 Å². The maximum atomic E-state index is 11.2. The third kappa shape index (κ3) is 7.55. The van der Waals surface area contributed by atoms with E-state index in [1.54, 1.807) is 12.1 Å². The second-order valence-electron chi connectivity index (χ2n) is 10.0. The number of hydrogen-bond acceptors (Lipinski definition) is 2. The maximum Gasteiger partial charge on any atom is 0.335 e. The Bertz CT molecular complexity index is 821. The van der Waals surface area contributed by atoms with Crippen molar-refractivity contribution in [3.05, 3.63) is 47.5 Å². The highest BCUT2D eigenvalue weighted by atomic mass is 28.4. The molecule has 0 bridgehead atoms. The second-order valence-corrected chi connectivity index (χ2v) is 14.8. The minimum absolute atomic E-state index is 0.302. The van der Waals surface area contributed by atoms with Gasteiger partial charge in [0.15, 0.2) is 8.32 Å². The fourth-order valence-electron chi connectivity index (χ4n) is 3.44. The molecule has 0 radical (unpaired) electrons. The highest BCUT2D eigenvalue weighted by Crippen LogP contribution is 2.36. The number of aryl methyl sites for hydroxylation is 1. The van der Waals surface area contributed by atoms with Gasteiger partial charge in [-0.05, 0) is 65.9 Å². The van der Waals surface area contributed by atoms with E-state index in [9.17, 15) is 4.79 Å². The minimum Gasteiger partial charge on any atom is -0.478 e. The molecule has 2 aromatic carbocycles. The van der Waals surface area contributed by atoms with Gasteiger partial charge in [-0.3, -0.25) is 0 Å². The van der Waals surface area contributed by atoms with Crippen molar-refractivity contribution in [2.24, 2.45) is 0 Å². The van der Waals surface area contributed by atoms with Crippen LogP contribution in [0.15, 0.2) is 36.4 Å². The van der Waals surface area contributed by atoms with Gasteiger partial charge in [-0.25, -0.2) is 4.79 Å². The van der Waals surface area contributed by atoms with E-state index in [4.69, 9.17) is 9.53 Å². The predicted octanol–water partition coefficient (Wildman–Crippen LogP) is 7.83. The first-order valence-electron chi connectivity index (χ1n) is 11.5. The van der Waals surface area contributed by atoms with Crippen LogP contribution in [-0.4, -0.2) is 26.0 Å². The zero-order valence-corrected chi connectivity index (χ0v) is 20.6. The van der Waals surface area contributed by atoms with Gasteiger partial charge < -0.3 is 9.53 Å². The molecule has 4 heteroatoms. The van der Waals surface area contributed by atoms with Crippen molar-refractivity contribution in [3.63, 3.8) is 0 Å². The number of unbranched alkanes of at least 4 members (excludes halogenated alkanes) is 6. The first kappa shape index (κ1) is 24.6. The quantitative estimate of drug-likeness (QED) is 0.277. The number of carboxylic acid groups (broad SMARTS) is 1. The Morgan fingerprint density at radius 1 is 0.867 bits per heavy atom. The molecule has 0 aromatic heterocycles. The van der Waals surface area contributed by atoms with Crippen LogP contribution in [0, 0.1) is 0 Å². The van der Waals surface area contributed by atoms with E-state index in [2.05, 4.69) is 52.1 Å². The fourth-order valence-corrected chi connectivity index (χ4v) is 4.53. The highest BCUT2D eigenvalue weighted by molar-refractivity contribution is 6.74. The molecule has 0 saturated heterocycles. The number of fused-ring (bicyclic) bond motifs is 1. The number of aromatic carboxylic acids is 1. The van der Waals surface area contributed by atoms with Crippen LogP contribution in [0.25, 0.3) is 10.8 Å². The molecule has 0 spiro atoms. The Kier molecular flexibility index (Phi) is 9.11. The van der Waals surface area contributed by atoms with Gasteiger partial charge in [0.2, 0.25) is 0 Å². The number of rotatable bonds is 12.